The first-order chi connectivity index (χ1) is 9.50. The molecule has 5 heteroatoms. The Labute approximate surface area is 128 Å². The van der Waals surface area contributed by atoms with E-state index in [1.165, 1.54) is 0 Å². The van der Waals surface area contributed by atoms with Crippen LogP contribution in [-0.4, -0.2) is 38.6 Å². The number of ether oxygens (including phenoxy) is 2. The van der Waals surface area contributed by atoms with Gasteiger partial charge in [-0.3, -0.25) is 0 Å². The van der Waals surface area contributed by atoms with E-state index in [0.29, 0.717) is 26.1 Å². The Morgan fingerprint density at radius 3 is 2.95 bits per heavy atom. The van der Waals surface area contributed by atoms with Crippen LogP contribution in [0.4, 0.5) is 4.39 Å². The molecule has 1 aliphatic rings. The summed E-state index contributed by atoms with van der Waals surface area (Å²) in [4.78, 5) is 0. The van der Waals surface area contributed by atoms with Gasteiger partial charge < -0.3 is 14.8 Å². The summed E-state index contributed by atoms with van der Waals surface area (Å²) in [5, 5.41) is 3.30. The van der Waals surface area contributed by atoms with Gasteiger partial charge in [0.2, 0.25) is 0 Å². The molecule has 2 rings (SSSR count). The van der Waals surface area contributed by atoms with Crippen molar-refractivity contribution in [1.29, 1.82) is 0 Å². The smallest absolute Gasteiger partial charge is 0.133 e. The summed E-state index contributed by atoms with van der Waals surface area (Å²) < 4.78 is 26.1. The second kappa shape index (κ2) is 6.87. The molecule has 0 amide bonds. The Hall–Kier alpha value is -0.650. The zero-order valence-electron chi connectivity index (χ0n) is 11.9. The SMILES string of the molecule is COc1ccc(CC(C)(F)CC2COCCN2)cc1Br. The van der Waals surface area contributed by atoms with Crippen LogP contribution in [0.3, 0.4) is 0 Å². The highest BCUT2D eigenvalue weighted by molar-refractivity contribution is 9.10. The number of halogens is 2. The number of morpholine rings is 1. The van der Waals surface area contributed by atoms with Crippen LogP contribution in [0.25, 0.3) is 0 Å². The van der Waals surface area contributed by atoms with Gasteiger partial charge in [0.1, 0.15) is 11.4 Å². The highest BCUT2D eigenvalue weighted by Gasteiger charge is 2.29. The van der Waals surface area contributed by atoms with Crippen molar-refractivity contribution in [3.63, 3.8) is 0 Å². The number of hydrogen-bond donors (Lipinski definition) is 1. The van der Waals surface area contributed by atoms with E-state index in [4.69, 9.17) is 9.47 Å². The summed E-state index contributed by atoms with van der Waals surface area (Å²) >= 11 is 3.43. The van der Waals surface area contributed by atoms with Crippen molar-refractivity contribution in [3.05, 3.63) is 28.2 Å². The van der Waals surface area contributed by atoms with Crippen molar-refractivity contribution in [2.75, 3.05) is 26.9 Å². The fourth-order valence-electron chi connectivity index (χ4n) is 2.58. The third kappa shape index (κ3) is 4.43. The maximum atomic E-state index is 14.7. The molecule has 0 spiro atoms. The maximum absolute atomic E-state index is 14.7. The molecule has 0 radical (unpaired) electrons. The number of hydrogen-bond acceptors (Lipinski definition) is 3. The average molecular weight is 346 g/mol. The number of benzene rings is 1. The molecule has 112 valence electrons. The summed E-state index contributed by atoms with van der Waals surface area (Å²) in [6.07, 6.45) is 0.838. The van der Waals surface area contributed by atoms with E-state index in [-0.39, 0.29) is 6.04 Å². The van der Waals surface area contributed by atoms with Gasteiger partial charge in [-0.2, -0.15) is 0 Å². The maximum Gasteiger partial charge on any atom is 0.133 e. The number of methoxy groups -OCH3 is 1. The molecule has 1 aliphatic heterocycles. The predicted molar refractivity (Wildman–Crippen MR) is 81.1 cm³/mol. The van der Waals surface area contributed by atoms with Crippen LogP contribution in [0.15, 0.2) is 22.7 Å². The molecule has 1 aromatic carbocycles. The lowest BCUT2D eigenvalue weighted by atomic mass is 9.91. The lowest BCUT2D eigenvalue weighted by Crippen LogP contribution is -2.45. The largest absolute Gasteiger partial charge is 0.496 e. The van der Waals surface area contributed by atoms with Gasteiger partial charge in [0, 0.05) is 19.0 Å². The van der Waals surface area contributed by atoms with E-state index >= 15 is 0 Å². The van der Waals surface area contributed by atoms with Gasteiger partial charge in [0.15, 0.2) is 0 Å². The van der Waals surface area contributed by atoms with Crippen LogP contribution in [0.5, 0.6) is 5.75 Å². The van der Waals surface area contributed by atoms with E-state index in [9.17, 15) is 4.39 Å². The van der Waals surface area contributed by atoms with Crippen molar-refractivity contribution in [2.45, 2.75) is 31.5 Å². The minimum Gasteiger partial charge on any atom is -0.496 e. The molecule has 0 bridgehead atoms. The topological polar surface area (TPSA) is 30.5 Å². The van der Waals surface area contributed by atoms with Gasteiger partial charge in [-0.1, -0.05) is 6.07 Å². The number of rotatable bonds is 5. The minimum atomic E-state index is -1.26. The fourth-order valence-corrected chi connectivity index (χ4v) is 3.17. The van der Waals surface area contributed by atoms with Crippen LogP contribution in [0.2, 0.25) is 0 Å². The third-order valence-corrected chi connectivity index (χ3v) is 4.08. The summed E-state index contributed by atoms with van der Waals surface area (Å²) in [6, 6.07) is 5.78. The van der Waals surface area contributed by atoms with Gasteiger partial charge in [-0.15, -0.1) is 0 Å². The molecule has 2 atom stereocenters. The summed E-state index contributed by atoms with van der Waals surface area (Å²) in [5.74, 6) is 0.761. The summed E-state index contributed by atoms with van der Waals surface area (Å²) in [6.45, 7) is 3.76. The third-order valence-electron chi connectivity index (χ3n) is 3.46. The fraction of sp³-hybridized carbons (Fsp3) is 0.600. The van der Waals surface area contributed by atoms with Crippen LogP contribution >= 0.6 is 15.9 Å². The molecule has 0 saturated carbocycles. The minimum absolute atomic E-state index is 0.0976. The standard InChI is InChI=1S/C15H21BrFNO2/c1-15(17,9-12-10-20-6-5-18-12)8-11-3-4-14(19-2)13(16)7-11/h3-4,7,12,18H,5-6,8-10H2,1-2H3. The molecule has 1 heterocycles. The molecule has 1 saturated heterocycles. The Morgan fingerprint density at radius 1 is 1.55 bits per heavy atom. The first-order valence-corrected chi connectivity index (χ1v) is 7.62. The monoisotopic (exact) mass is 345 g/mol. The normalized spacial score (nSPS) is 22.3. The van der Waals surface area contributed by atoms with Gasteiger partial charge in [-0.25, -0.2) is 4.39 Å². The van der Waals surface area contributed by atoms with Crippen LogP contribution < -0.4 is 10.1 Å². The first-order valence-electron chi connectivity index (χ1n) is 6.83. The number of alkyl halides is 1. The second-order valence-electron chi connectivity index (χ2n) is 5.49. The molecule has 20 heavy (non-hydrogen) atoms. The van der Waals surface area contributed by atoms with Crippen LogP contribution in [0.1, 0.15) is 18.9 Å². The zero-order valence-corrected chi connectivity index (χ0v) is 13.5. The van der Waals surface area contributed by atoms with Crippen molar-refractivity contribution < 1.29 is 13.9 Å². The Morgan fingerprint density at radius 2 is 2.35 bits per heavy atom. The van der Waals surface area contributed by atoms with Crippen molar-refractivity contribution in [2.24, 2.45) is 0 Å². The Kier molecular flexibility index (Phi) is 5.41. The van der Waals surface area contributed by atoms with E-state index in [0.717, 1.165) is 22.3 Å². The van der Waals surface area contributed by atoms with E-state index in [1.807, 2.05) is 18.2 Å². The van der Waals surface area contributed by atoms with E-state index in [1.54, 1.807) is 14.0 Å². The molecule has 3 nitrogen and oxygen atoms in total. The molecule has 0 aliphatic carbocycles. The number of nitrogens with one attached hydrogen (secondary N) is 1. The summed E-state index contributed by atoms with van der Waals surface area (Å²) in [7, 11) is 1.62. The summed E-state index contributed by atoms with van der Waals surface area (Å²) in [5.41, 5.74) is -0.300. The van der Waals surface area contributed by atoms with Crippen molar-refractivity contribution in [1.82, 2.24) is 5.32 Å². The molecule has 1 N–H and O–H groups in total. The first kappa shape index (κ1) is 15.7. The molecule has 0 aromatic heterocycles. The van der Waals surface area contributed by atoms with Gasteiger partial charge >= 0.3 is 0 Å². The lowest BCUT2D eigenvalue weighted by molar-refractivity contribution is 0.0483. The molecule has 1 aromatic rings. The quantitative estimate of drug-likeness (QED) is 0.889. The van der Waals surface area contributed by atoms with E-state index in [2.05, 4.69) is 21.2 Å². The highest BCUT2D eigenvalue weighted by atomic mass is 79.9. The second-order valence-corrected chi connectivity index (χ2v) is 6.34. The van der Waals surface area contributed by atoms with E-state index < -0.39 is 5.67 Å². The van der Waals surface area contributed by atoms with Gasteiger partial charge in [0.05, 0.1) is 24.8 Å². The Bertz CT molecular complexity index is 447. The Balaban J connectivity index is 1.97. The molecule has 2 unspecified atom stereocenters. The van der Waals surface area contributed by atoms with Crippen LogP contribution in [-0.2, 0) is 11.2 Å². The predicted octanol–water partition coefficient (Wildman–Crippen LogP) is 3.11. The zero-order chi connectivity index (χ0) is 14.6. The van der Waals surface area contributed by atoms with Crippen LogP contribution in [0, 0.1) is 0 Å². The molecular weight excluding hydrogens is 325 g/mol. The van der Waals surface area contributed by atoms with Crippen molar-refractivity contribution >= 4 is 15.9 Å². The van der Waals surface area contributed by atoms with Crippen molar-refractivity contribution in [3.8, 4) is 5.75 Å². The lowest BCUT2D eigenvalue weighted by Gasteiger charge is -2.30. The molecular formula is C15H21BrFNO2. The average Bonchev–Trinajstić information content (AvgIpc) is 2.39. The highest BCUT2D eigenvalue weighted by Crippen LogP contribution is 2.29. The van der Waals surface area contributed by atoms with Gasteiger partial charge in [0.25, 0.3) is 0 Å². The molecule has 1 fully saturated rings. The van der Waals surface area contributed by atoms with Gasteiger partial charge in [-0.05, 0) is 47.0 Å².